The van der Waals surface area contributed by atoms with Crippen molar-refractivity contribution in [1.29, 1.82) is 0 Å². The summed E-state index contributed by atoms with van der Waals surface area (Å²) in [7, 11) is 0. The van der Waals surface area contributed by atoms with E-state index in [1.54, 1.807) is 41.3 Å². The standard InChI is InChI=1S/C22H24N8O2/c1-3-21(31)17(23)12-30(13-18(24)22(32)4-2)16-8-5-14(6-9-16)25-26-15-7-10-19-20(11-15)28-29-27-19/h3-11,17-18H,1-2,12-13,23-24H2,(H,27,28,29). The number of fused-ring (bicyclic) bond motifs is 1. The number of aromatic nitrogens is 3. The molecule has 32 heavy (non-hydrogen) atoms. The van der Waals surface area contributed by atoms with Gasteiger partial charge in [-0.05, 0) is 54.6 Å². The summed E-state index contributed by atoms with van der Waals surface area (Å²) < 4.78 is 0. The average molecular weight is 432 g/mol. The summed E-state index contributed by atoms with van der Waals surface area (Å²) in [5.74, 6) is -0.596. The number of carbonyl (C=O) groups excluding carboxylic acids is 2. The van der Waals surface area contributed by atoms with Crippen LogP contribution in [0.3, 0.4) is 0 Å². The molecular weight excluding hydrogens is 408 g/mol. The lowest BCUT2D eigenvalue weighted by molar-refractivity contribution is -0.115. The Bertz CT molecular complexity index is 1120. The number of nitrogens with two attached hydrogens (primary N) is 2. The summed E-state index contributed by atoms with van der Waals surface area (Å²) >= 11 is 0. The summed E-state index contributed by atoms with van der Waals surface area (Å²) in [6.07, 6.45) is 2.36. The fourth-order valence-corrected chi connectivity index (χ4v) is 2.98. The maximum Gasteiger partial charge on any atom is 0.173 e. The minimum absolute atomic E-state index is 0.168. The van der Waals surface area contributed by atoms with E-state index < -0.39 is 12.1 Å². The van der Waals surface area contributed by atoms with E-state index in [4.69, 9.17) is 11.5 Å². The molecule has 0 saturated heterocycles. The maximum absolute atomic E-state index is 11.9. The van der Waals surface area contributed by atoms with Gasteiger partial charge in [-0.15, -0.1) is 5.10 Å². The number of nitrogens with zero attached hydrogens (tertiary/aromatic N) is 5. The third kappa shape index (κ3) is 5.56. The quantitative estimate of drug-likeness (QED) is 0.310. The second kappa shape index (κ2) is 10.3. The van der Waals surface area contributed by atoms with Crippen molar-refractivity contribution in [3.63, 3.8) is 0 Å². The molecule has 10 heteroatoms. The molecule has 0 aliphatic carbocycles. The third-order valence-electron chi connectivity index (χ3n) is 4.77. The fourth-order valence-electron chi connectivity index (χ4n) is 2.98. The van der Waals surface area contributed by atoms with Gasteiger partial charge in [0.2, 0.25) is 0 Å². The molecule has 1 heterocycles. The Kier molecular flexibility index (Phi) is 7.32. The van der Waals surface area contributed by atoms with Crippen LogP contribution in [0.1, 0.15) is 0 Å². The number of carbonyl (C=O) groups is 2. The number of rotatable bonds is 11. The fraction of sp³-hybridized carbons (Fsp3) is 0.182. The number of benzene rings is 2. The summed E-state index contributed by atoms with van der Waals surface area (Å²) in [6, 6.07) is 10.9. The van der Waals surface area contributed by atoms with Crippen molar-refractivity contribution >= 4 is 39.7 Å². The predicted octanol–water partition coefficient (Wildman–Crippen LogP) is 2.34. The summed E-state index contributed by atoms with van der Waals surface area (Å²) in [6.45, 7) is 7.26. The minimum Gasteiger partial charge on any atom is -0.367 e. The number of anilines is 1. The molecule has 164 valence electrons. The van der Waals surface area contributed by atoms with E-state index in [0.717, 1.165) is 11.2 Å². The van der Waals surface area contributed by atoms with Gasteiger partial charge < -0.3 is 16.4 Å². The first kappa shape index (κ1) is 22.7. The zero-order chi connectivity index (χ0) is 23.1. The van der Waals surface area contributed by atoms with Crippen LogP contribution in [-0.4, -0.2) is 52.2 Å². The lowest BCUT2D eigenvalue weighted by Gasteiger charge is -2.29. The molecule has 1 aromatic heterocycles. The van der Waals surface area contributed by atoms with Crippen molar-refractivity contribution in [3.8, 4) is 0 Å². The topological polar surface area (TPSA) is 156 Å². The maximum atomic E-state index is 11.9. The molecule has 0 aliphatic rings. The van der Waals surface area contributed by atoms with Gasteiger partial charge in [0.1, 0.15) is 5.52 Å². The van der Waals surface area contributed by atoms with Crippen molar-refractivity contribution in [1.82, 2.24) is 15.4 Å². The van der Waals surface area contributed by atoms with Gasteiger partial charge in [0, 0.05) is 18.8 Å². The van der Waals surface area contributed by atoms with Crippen molar-refractivity contribution < 1.29 is 9.59 Å². The molecule has 0 amide bonds. The number of aromatic amines is 1. The SMILES string of the molecule is C=CC(=O)C(N)CN(CC(N)C(=O)C=C)c1ccc(N=Nc2ccc3[nH]nnc3c2)cc1. The second-order valence-corrected chi connectivity index (χ2v) is 7.06. The molecule has 0 radical (unpaired) electrons. The molecule has 2 unspecified atom stereocenters. The van der Waals surface area contributed by atoms with Crippen LogP contribution in [0.2, 0.25) is 0 Å². The van der Waals surface area contributed by atoms with Crippen LogP contribution < -0.4 is 16.4 Å². The lowest BCUT2D eigenvalue weighted by atomic mass is 10.1. The van der Waals surface area contributed by atoms with E-state index in [9.17, 15) is 9.59 Å². The Hall–Kier alpha value is -4.02. The van der Waals surface area contributed by atoms with Crippen molar-refractivity contribution in [2.75, 3.05) is 18.0 Å². The monoisotopic (exact) mass is 432 g/mol. The molecule has 0 bridgehead atoms. The molecular formula is C22H24N8O2. The van der Waals surface area contributed by atoms with Crippen LogP contribution in [0.5, 0.6) is 0 Å². The van der Waals surface area contributed by atoms with Crippen LogP contribution in [0, 0.1) is 0 Å². The van der Waals surface area contributed by atoms with Crippen LogP contribution in [0.25, 0.3) is 11.0 Å². The Balaban J connectivity index is 1.77. The highest BCUT2D eigenvalue weighted by Crippen LogP contribution is 2.24. The first-order valence-electron chi connectivity index (χ1n) is 9.82. The zero-order valence-corrected chi connectivity index (χ0v) is 17.4. The van der Waals surface area contributed by atoms with E-state index in [0.29, 0.717) is 16.9 Å². The number of nitrogens with one attached hydrogen (secondary N) is 1. The van der Waals surface area contributed by atoms with Crippen molar-refractivity contribution in [3.05, 3.63) is 67.8 Å². The van der Waals surface area contributed by atoms with Gasteiger partial charge in [0.25, 0.3) is 0 Å². The summed E-state index contributed by atoms with van der Waals surface area (Å²) in [5.41, 5.74) is 15.4. The number of ketones is 2. The second-order valence-electron chi connectivity index (χ2n) is 7.06. The van der Waals surface area contributed by atoms with Gasteiger partial charge in [-0.25, -0.2) is 0 Å². The van der Waals surface area contributed by atoms with Gasteiger partial charge in [-0.3, -0.25) is 14.7 Å². The molecule has 2 atom stereocenters. The van der Waals surface area contributed by atoms with Crippen molar-refractivity contribution in [2.24, 2.45) is 21.7 Å². The third-order valence-corrected chi connectivity index (χ3v) is 4.77. The molecule has 5 N–H and O–H groups in total. The molecule has 0 spiro atoms. The Morgan fingerprint density at radius 1 is 0.969 bits per heavy atom. The number of hydrogen-bond donors (Lipinski definition) is 3. The Labute approximate surface area is 184 Å². The largest absolute Gasteiger partial charge is 0.367 e. The van der Waals surface area contributed by atoms with Gasteiger partial charge in [0.15, 0.2) is 11.6 Å². The van der Waals surface area contributed by atoms with E-state index >= 15 is 0 Å². The lowest BCUT2D eigenvalue weighted by Crippen LogP contribution is -2.48. The van der Waals surface area contributed by atoms with Gasteiger partial charge in [0.05, 0.1) is 29.0 Å². The van der Waals surface area contributed by atoms with Gasteiger partial charge >= 0.3 is 0 Å². The van der Waals surface area contributed by atoms with Crippen molar-refractivity contribution in [2.45, 2.75) is 12.1 Å². The van der Waals surface area contributed by atoms with Crippen LogP contribution in [0.15, 0.2) is 78.0 Å². The molecule has 3 rings (SSSR count). The molecule has 3 aromatic rings. The summed E-state index contributed by atoms with van der Waals surface area (Å²) in [4.78, 5) is 25.5. The van der Waals surface area contributed by atoms with E-state index in [1.807, 2.05) is 6.07 Å². The molecule has 0 aliphatic heterocycles. The van der Waals surface area contributed by atoms with Crippen LogP contribution in [0.4, 0.5) is 17.1 Å². The molecule has 0 saturated carbocycles. The van der Waals surface area contributed by atoms with Gasteiger partial charge in [-0.1, -0.05) is 18.4 Å². The molecule has 10 nitrogen and oxygen atoms in total. The summed E-state index contributed by atoms with van der Waals surface area (Å²) in [5, 5.41) is 18.9. The minimum atomic E-state index is -0.802. The highest BCUT2D eigenvalue weighted by Gasteiger charge is 2.20. The molecule has 0 fully saturated rings. The first-order chi connectivity index (χ1) is 15.4. The van der Waals surface area contributed by atoms with Crippen LogP contribution in [-0.2, 0) is 9.59 Å². The van der Waals surface area contributed by atoms with Gasteiger partial charge in [-0.2, -0.15) is 10.2 Å². The zero-order valence-electron chi connectivity index (χ0n) is 17.4. The smallest absolute Gasteiger partial charge is 0.173 e. The average Bonchev–Trinajstić information content (AvgIpc) is 3.29. The molecule has 2 aromatic carbocycles. The van der Waals surface area contributed by atoms with E-state index in [-0.39, 0.29) is 24.7 Å². The normalized spacial score (nSPS) is 13.1. The highest BCUT2D eigenvalue weighted by molar-refractivity contribution is 5.95. The number of H-pyrrole nitrogens is 1. The first-order valence-corrected chi connectivity index (χ1v) is 9.82. The number of hydrogen-bond acceptors (Lipinski definition) is 9. The Morgan fingerprint density at radius 3 is 2.12 bits per heavy atom. The highest BCUT2D eigenvalue weighted by atomic mass is 16.1. The van der Waals surface area contributed by atoms with E-state index in [1.165, 1.54) is 12.2 Å². The van der Waals surface area contributed by atoms with E-state index in [2.05, 4.69) is 38.8 Å². The van der Waals surface area contributed by atoms with Crippen LogP contribution >= 0.6 is 0 Å². The predicted molar refractivity (Wildman–Crippen MR) is 123 cm³/mol. The Morgan fingerprint density at radius 2 is 1.53 bits per heavy atom. The number of azo groups is 1.